The number of carbonyl (C=O) groups is 1. The number of nitrogens with zero attached hydrogens (tertiary/aromatic N) is 3. The number of rotatable bonds is 12. The lowest BCUT2D eigenvalue weighted by molar-refractivity contribution is -0.145. The fourth-order valence-corrected chi connectivity index (χ4v) is 6.67. The number of carboxylic acid groups (broad SMARTS) is 1. The zero-order chi connectivity index (χ0) is 28.0. The number of hydrogen-bond donors (Lipinski definition) is 2. The number of benzene rings is 1. The molecule has 1 saturated carbocycles. The number of alkyl halides is 3. The smallest absolute Gasteiger partial charge is 0.435 e. The van der Waals surface area contributed by atoms with Crippen LogP contribution in [0.25, 0.3) is 0 Å². The fourth-order valence-electron chi connectivity index (χ4n) is 6.67. The molecule has 0 amide bonds. The number of aliphatic carboxylic acids is 1. The maximum absolute atomic E-state index is 12.9. The zero-order valence-electron chi connectivity index (χ0n) is 23.2. The first-order chi connectivity index (χ1) is 18.7. The van der Waals surface area contributed by atoms with Crippen molar-refractivity contribution in [2.45, 2.75) is 89.4 Å². The fraction of sp³-hybridized carbons (Fsp3) is 0.667. The Balaban J connectivity index is 1.41. The molecule has 4 atom stereocenters. The molecule has 4 rings (SSSR count). The molecular weight excluding hydrogens is 505 g/mol. The molecule has 0 bridgehead atoms. The second kappa shape index (κ2) is 13.3. The molecule has 1 aromatic carbocycles. The van der Waals surface area contributed by atoms with E-state index in [2.05, 4.69) is 58.1 Å². The molecule has 1 aliphatic heterocycles. The summed E-state index contributed by atoms with van der Waals surface area (Å²) in [5.74, 6) is 0.0800. The maximum atomic E-state index is 12.9. The molecule has 2 fully saturated rings. The Hall–Kier alpha value is -2.39. The number of nitrogens with one attached hydrogen (secondary N) is 1. The van der Waals surface area contributed by atoms with E-state index in [1.54, 1.807) is 0 Å². The van der Waals surface area contributed by atoms with Gasteiger partial charge in [0.15, 0.2) is 5.69 Å². The number of aromatic amines is 1. The quantitative estimate of drug-likeness (QED) is 0.330. The first kappa shape index (κ1) is 29.6. The highest BCUT2D eigenvalue weighted by atomic mass is 19.4. The summed E-state index contributed by atoms with van der Waals surface area (Å²) in [5.41, 5.74) is 0.900. The highest BCUT2D eigenvalue weighted by Crippen LogP contribution is 2.37. The van der Waals surface area contributed by atoms with Crippen LogP contribution in [0, 0.1) is 11.8 Å². The highest BCUT2D eigenvalue weighted by molar-refractivity contribution is 5.74. The molecule has 2 N–H and O–H groups in total. The van der Waals surface area contributed by atoms with Crippen LogP contribution in [-0.2, 0) is 17.4 Å². The topological polar surface area (TPSA) is 72.5 Å². The van der Waals surface area contributed by atoms with Crippen LogP contribution in [-0.4, -0.2) is 69.3 Å². The molecule has 1 saturated heterocycles. The van der Waals surface area contributed by atoms with E-state index >= 15 is 0 Å². The molecule has 2 aromatic rings. The minimum absolute atomic E-state index is 0.210. The largest absolute Gasteiger partial charge is 0.480 e. The lowest BCUT2D eigenvalue weighted by atomic mass is 9.83. The highest BCUT2D eigenvalue weighted by Gasteiger charge is 2.44. The van der Waals surface area contributed by atoms with E-state index in [0.717, 1.165) is 70.8 Å². The van der Waals surface area contributed by atoms with E-state index in [1.807, 2.05) is 6.07 Å². The number of likely N-dealkylation sites (tertiary alicyclic amines) is 1. The molecule has 6 nitrogen and oxygen atoms in total. The van der Waals surface area contributed by atoms with Crippen LogP contribution < -0.4 is 0 Å². The second-order valence-corrected chi connectivity index (χ2v) is 11.6. The Labute approximate surface area is 230 Å². The third kappa shape index (κ3) is 7.63. The van der Waals surface area contributed by atoms with E-state index in [4.69, 9.17) is 0 Å². The summed E-state index contributed by atoms with van der Waals surface area (Å²) in [5, 5.41) is 16.2. The average Bonchev–Trinajstić information content (AvgIpc) is 3.57. The van der Waals surface area contributed by atoms with Crippen molar-refractivity contribution in [2.24, 2.45) is 11.8 Å². The van der Waals surface area contributed by atoms with Crippen molar-refractivity contribution in [3.8, 4) is 0 Å². The Bertz CT molecular complexity index is 1040. The van der Waals surface area contributed by atoms with Gasteiger partial charge in [0.05, 0.1) is 0 Å². The molecule has 39 heavy (non-hydrogen) atoms. The van der Waals surface area contributed by atoms with Crippen molar-refractivity contribution in [1.29, 1.82) is 0 Å². The Morgan fingerprint density at radius 1 is 1.15 bits per heavy atom. The van der Waals surface area contributed by atoms with Crippen LogP contribution in [0.5, 0.6) is 0 Å². The predicted octanol–water partition coefficient (Wildman–Crippen LogP) is 6.21. The third-order valence-corrected chi connectivity index (χ3v) is 8.90. The predicted molar refractivity (Wildman–Crippen MR) is 145 cm³/mol. The summed E-state index contributed by atoms with van der Waals surface area (Å²) < 4.78 is 38.6. The van der Waals surface area contributed by atoms with Crippen LogP contribution >= 0.6 is 0 Å². The minimum Gasteiger partial charge on any atom is -0.480 e. The van der Waals surface area contributed by atoms with Crippen molar-refractivity contribution in [2.75, 3.05) is 26.2 Å². The summed E-state index contributed by atoms with van der Waals surface area (Å²) in [6.07, 6.45) is 3.21. The monoisotopic (exact) mass is 548 g/mol. The van der Waals surface area contributed by atoms with E-state index in [0.29, 0.717) is 18.0 Å². The third-order valence-electron chi connectivity index (χ3n) is 8.90. The Morgan fingerprint density at radius 3 is 2.49 bits per heavy atom. The van der Waals surface area contributed by atoms with Gasteiger partial charge in [0, 0.05) is 30.7 Å². The first-order valence-electron chi connectivity index (χ1n) is 14.5. The molecule has 2 heterocycles. The SMILES string of the molecule is CCN(CCC(C)CCc1cc(C(F)(F)F)n[nH]1)C1CN([C@@H](C(=O)O)C2CCCCC2)CC1c1ccccc1. The van der Waals surface area contributed by atoms with Crippen molar-refractivity contribution >= 4 is 5.97 Å². The molecule has 2 aliphatic rings. The van der Waals surface area contributed by atoms with E-state index < -0.39 is 23.9 Å². The van der Waals surface area contributed by atoms with Gasteiger partial charge in [0.1, 0.15) is 6.04 Å². The van der Waals surface area contributed by atoms with E-state index in [9.17, 15) is 23.1 Å². The standard InChI is InChI=1S/C30H43F3N4O2/c1-3-36(17-16-21(2)14-15-24-18-27(35-34-24)30(31,32)33)26-20-37(19-25(26)22-10-6-4-7-11-22)28(29(38)39)23-12-8-5-9-13-23/h4,6-7,10-11,18,21,23,25-26,28H,3,5,8-9,12-17,19-20H2,1-2H3,(H,34,35)(H,38,39)/t21?,25?,26?,28-/m1/s1. The lowest BCUT2D eigenvalue weighted by Gasteiger charge is -2.35. The number of halogens is 3. The number of carboxylic acids is 1. The normalized spacial score (nSPS) is 22.8. The maximum Gasteiger partial charge on any atom is 0.435 e. The van der Waals surface area contributed by atoms with Gasteiger partial charge in [0.25, 0.3) is 0 Å². The molecular formula is C30H43F3N4O2. The Morgan fingerprint density at radius 2 is 1.87 bits per heavy atom. The van der Waals surface area contributed by atoms with Crippen molar-refractivity contribution in [1.82, 2.24) is 20.0 Å². The van der Waals surface area contributed by atoms with Gasteiger partial charge in [-0.25, -0.2) is 0 Å². The minimum atomic E-state index is -4.43. The zero-order valence-corrected chi connectivity index (χ0v) is 23.2. The van der Waals surface area contributed by atoms with Crippen LogP contribution in [0.4, 0.5) is 13.2 Å². The molecule has 3 unspecified atom stereocenters. The van der Waals surface area contributed by atoms with Gasteiger partial charge in [-0.3, -0.25) is 19.7 Å². The van der Waals surface area contributed by atoms with Crippen molar-refractivity contribution in [3.05, 3.63) is 53.3 Å². The van der Waals surface area contributed by atoms with Gasteiger partial charge >= 0.3 is 12.1 Å². The van der Waals surface area contributed by atoms with E-state index in [1.165, 1.54) is 12.0 Å². The summed E-state index contributed by atoms with van der Waals surface area (Å²) in [7, 11) is 0. The number of H-pyrrole nitrogens is 1. The average molecular weight is 549 g/mol. The molecule has 216 valence electrons. The number of aryl methyl sites for hydroxylation is 1. The van der Waals surface area contributed by atoms with Crippen LogP contribution in [0.15, 0.2) is 36.4 Å². The first-order valence-corrected chi connectivity index (χ1v) is 14.5. The molecule has 9 heteroatoms. The van der Waals surface area contributed by atoms with Gasteiger partial charge in [-0.1, -0.05) is 63.4 Å². The summed E-state index contributed by atoms with van der Waals surface area (Å²) in [6, 6.07) is 11.3. The van der Waals surface area contributed by atoms with Gasteiger partial charge in [-0.05, 0) is 68.7 Å². The van der Waals surface area contributed by atoms with E-state index in [-0.39, 0.29) is 17.9 Å². The van der Waals surface area contributed by atoms with Gasteiger partial charge in [0.2, 0.25) is 0 Å². The number of likely N-dealkylation sites (N-methyl/N-ethyl adjacent to an activating group) is 1. The second-order valence-electron chi connectivity index (χ2n) is 11.6. The van der Waals surface area contributed by atoms with Crippen LogP contribution in [0.2, 0.25) is 0 Å². The molecule has 1 aromatic heterocycles. The van der Waals surface area contributed by atoms with Crippen LogP contribution in [0.3, 0.4) is 0 Å². The molecule has 0 radical (unpaired) electrons. The molecule has 1 aliphatic carbocycles. The number of aromatic nitrogens is 2. The van der Waals surface area contributed by atoms with Crippen LogP contribution in [0.1, 0.15) is 81.7 Å². The van der Waals surface area contributed by atoms with Crippen molar-refractivity contribution < 1.29 is 23.1 Å². The summed E-state index contributed by atoms with van der Waals surface area (Å²) in [6.45, 7) is 7.53. The van der Waals surface area contributed by atoms with Gasteiger partial charge in [-0.15, -0.1) is 0 Å². The Kier molecular flexibility index (Phi) is 10.1. The summed E-state index contributed by atoms with van der Waals surface area (Å²) >= 11 is 0. The van der Waals surface area contributed by atoms with Gasteiger partial charge < -0.3 is 5.11 Å². The van der Waals surface area contributed by atoms with Gasteiger partial charge in [-0.2, -0.15) is 18.3 Å². The molecule has 0 spiro atoms. The lowest BCUT2D eigenvalue weighted by Crippen LogP contribution is -2.47. The summed E-state index contributed by atoms with van der Waals surface area (Å²) in [4.78, 5) is 17.2. The number of hydrogen-bond acceptors (Lipinski definition) is 4. The van der Waals surface area contributed by atoms with Crippen molar-refractivity contribution in [3.63, 3.8) is 0 Å².